The molecule has 0 saturated carbocycles. The highest BCUT2D eigenvalue weighted by Gasteiger charge is 2.44. The Labute approximate surface area is 82.5 Å². The highest BCUT2D eigenvalue weighted by molar-refractivity contribution is 5.33. The quantitative estimate of drug-likeness (QED) is 0.718. The van der Waals surface area contributed by atoms with Crippen molar-refractivity contribution in [3.63, 3.8) is 0 Å². The van der Waals surface area contributed by atoms with Gasteiger partial charge in [0.15, 0.2) is 0 Å². The van der Waals surface area contributed by atoms with E-state index in [0.717, 1.165) is 25.1 Å². The van der Waals surface area contributed by atoms with E-state index in [4.69, 9.17) is 0 Å². The van der Waals surface area contributed by atoms with Crippen LogP contribution in [0, 0.1) is 12.7 Å². The molecule has 15 heavy (non-hydrogen) atoms. The molecule has 0 atom stereocenters. The number of hydrogen-bond donors (Lipinski definition) is 0. The van der Waals surface area contributed by atoms with Crippen molar-refractivity contribution >= 4 is 0 Å². The van der Waals surface area contributed by atoms with Gasteiger partial charge in [0.1, 0.15) is 11.6 Å². The summed E-state index contributed by atoms with van der Waals surface area (Å²) in [6.45, 7) is 1.16. The molecule has 1 aromatic carbocycles. The second-order valence-electron chi connectivity index (χ2n) is 2.83. The summed E-state index contributed by atoms with van der Waals surface area (Å²) in [5, 5.41) is 0. The molecule has 0 saturated heterocycles. The second kappa shape index (κ2) is 4.04. The minimum atomic E-state index is -4.61. The smallest absolute Gasteiger partial charge is 0.428 e. The van der Waals surface area contributed by atoms with E-state index in [1.54, 1.807) is 0 Å². The molecule has 0 fully saturated rings. The Morgan fingerprint density at radius 2 is 1.87 bits per heavy atom. The van der Waals surface area contributed by atoms with Crippen molar-refractivity contribution in [1.29, 1.82) is 0 Å². The van der Waals surface area contributed by atoms with Crippen LogP contribution >= 0.6 is 0 Å². The van der Waals surface area contributed by atoms with Crippen LogP contribution in [-0.4, -0.2) is 12.5 Å². The largest absolute Gasteiger partial charge is 0.461 e. The lowest BCUT2D eigenvalue weighted by Gasteiger charge is -2.18. The molecule has 0 bridgehead atoms. The topological polar surface area (TPSA) is 9.23 Å². The van der Waals surface area contributed by atoms with Crippen LogP contribution in [-0.2, 0) is 0 Å². The molecule has 6 heteroatoms. The molecule has 0 aromatic heterocycles. The van der Waals surface area contributed by atoms with Crippen molar-refractivity contribution in [3.8, 4) is 5.75 Å². The van der Waals surface area contributed by atoms with Crippen LogP contribution in [0.2, 0.25) is 0 Å². The van der Waals surface area contributed by atoms with Gasteiger partial charge in [-0.3, -0.25) is 0 Å². The van der Waals surface area contributed by atoms with Crippen LogP contribution in [0.1, 0.15) is 5.56 Å². The molecule has 0 amide bonds. The van der Waals surface area contributed by atoms with Gasteiger partial charge in [-0.2, -0.15) is 17.6 Å². The predicted octanol–water partition coefficient (Wildman–Crippen LogP) is 3.37. The van der Waals surface area contributed by atoms with Crippen molar-refractivity contribution in [1.82, 2.24) is 0 Å². The third-order valence-electron chi connectivity index (χ3n) is 1.72. The number of rotatable bonds is 3. The lowest BCUT2D eigenvalue weighted by molar-refractivity contribution is -0.253. The Morgan fingerprint density at radius 1 is 1.27 bits per heavy atom. The molecule has 0 N–H and O–H groups in total. The van der Waals surface area contributed by atoms with Gasteiger partial charge in [0.2, 0.25) is 0 Å². The molecule has 0 radical (unpaired) electrons. The van der Waals surface area contributed by atoms with E-state index in [1.807, 2.05) is 0 Å². The van der Waals surface area contributed by atoms with E-state index in [0.29, 0.717) is 0 Å². The Kier molecular flexibility index (Phi) is 3.16. The van der Waals surface area contributed by atoms with E-state index in [-0.39, 0.29) is 5.56 Å². The molecule has 0 spiro atoms. The molecule has 1 rings (SSSR count). The zero-order valence-electron chi connectivity index (χ0n) is 7.61. The van der Waals surface area contributed by atoms with Crippen LogP contribution in [0.25, 0.3) is 0 Å². The van der Waals surface area contributed by atoms with Crippen LogP contribution in [0.15, 0.2) is 18.2 Å². The number of hydrogen-bond acceptors (Lipinski definition) is 1. The van der Waals surface area contributed by atoms with Crippen molar-refractivity contribution in [2.45, 2.75) is 19.5 Å². The van der Waals surface area contributed by atoms with E-state index >= 15 is 0 Å². The molecular formula is C9H7F5O. The van der Waals surface area contributed by atoms with Gasteiger partial charge in [-0.05, 0) is 19.1 Å². The minimum Gasteiger partial charge on any atom is -0.428 e. The molecule has 0 heterocycles. The van der Waals surface area contributed by atoms with Gasteiger partial charge in [0.25, 0.3) is 0 Å². The predicted molar refractivity (Wildman–Crippen MR) is 42.7 cm³/mol. The first-order valence-electron chi connectivity index (χ1n) is 3.94. The van der Waals surface area contributed by atoms with Crippen LogP contribution in [0.4, 0.5) is 22.0 Å². The first kappa shape index (κ1) is 11.7. The Balaban J connectivity index is 2.95. The highest BCUT2D eigenvalue weighted by Crippen LogP contribution is 2.30. The third-order valence-corrected chi connectivity index (χ3v) is 1.72. The van der Waals surface area contributed by atoms with Crippen LogP contribution in [0.5, 0.6) is 5.75 Å². The molecule has 0 aliphatic heterocycles. The molecule has 84 valence electrons. The third kappa shape index (κ3) is 2.57. The first-order valence-corrected chi connectivity index (χ1v) is 3.94. The van der Waals surface area contributed by atoms with Gasteiger partial charge in [0, 0.05) is 5.56 Å². The van der Waals surface area contributed by atoms with Gasteiger partial charge in [-0.25, -0.2) is 4.39 Å². The number of alkyl halides is 4. The fourth-order valence-corrected chi connectivity index (χ4v) is 0.889. The molecule has 1 nitrogen and oxygen atoms in total. The summed E-state index contributed by atoms with van der Waals surface area (Å²) in [6.07, 6.45) is -8.57. The minimum absolute atomic E-state index is 0.238. The number of halogens is 5. The summed E-state index contributed by atoms with van der Waals surface area (Å²) in [5.41, 5.74) is -0.238. The SMILES string of the molecule is Cc1c(F)cccc1OC(F)(F)C(F)F. The van der Waals surface area contributed by atoms with Crippen LogP contribution < -0.4 is 4.74 Å². The highest BCUT2D eigenvalue weighted by atomic mass is 19.3. The second-order valence-corrected chi connectivity index (χ2v) is 2.83. The monoisotopic (exact) mass is 226 g/mol. The first-order chi connectivity index (χ1) is 6.84. The van der Waals surface area contributed by atoms with Gasteiger partial charge in [-0.1, -0.05) is 6.07 Å². The van der Waals surface area contributed by atoms with Gasteiger partial charge in [-0.15, -0.1) is 0 Å². The van der Waals surface area contributed by atoms with Gasteiger partial charge in [0.05, 0.1) is 0 Å². The lowest BCUT2D eigenvalue weighted by atomic mass is 10.2. The lowest BCUT2D eigenvalue weighted by Crippen LogP contribution is -2.33. The molecule has 0 aliphatic carbocycles. The summed E-state index contributed by atoms with van der Waals surface area (Å²) < 4.78 is 65.0. The number of ether oxygens (including phenoxy) is 1. The fourth-order valence-electron chi connectivity index (χ4n) is 0.889. The standard InChI is InChI=1S/C9H7F5O/c1-5-6(10)3-2-4-7(5)15-9(13,14)8(11)12/h2-4,8H,1H3. The van der Waals surface area contributed by atoms with E-state index in [1.165, 1.54) is 0 Å². The van der Waals surface area contributed by atoms with Crippen LogP contribution in [0.3, 0.4) is 0 Å². The normalized spacial score (nSPS) is 11.9. The van der Waals surface area contributed by atoms with E-state index in [9.17, 15) is 22.0 Å². The van der Waals surface area contributed by atoms with Crippen molar-refractivity contribution in [2.24, 2.45) is 0 Å². The molecular weight excluding hydrogens is 219 g/mol. The van der Waals surface area contributed by atoms with Gasteiger partial charge >= 0.3 is 12.5 Å². The Morgan fingerprint density at radius 3 is 2.40 bits per heavy atom. The van der Waals surface area contributed by atoms with Crippen molar-refractivity contribution in [3.05, 3.63) is 29.6 Å². The number of benzene rings is 1. The fraction of sp³-hybridized carbons (Fsp3) is 0.333. The maximum atomic E-state index is 12.8. The maximum absolute atomic E-state index is 12.8. The Bertz CT molecular complexity index is 350. The Hall–Kier alpha value is -1.33. The van der Waals surface area contributed by atoms with Crippen molar-refractivity contribution in [2.75, 3.05) is 0 Å². The average Bonchev–Trinajstić information content (AvgIpc) is 2.12. The summed E-state index contributed by atoms with van der Waals surface area (Å²) in [5.74, 6) is -1.39. The van der Waals surface area contributed by atoms with E-state index < -0.39 is 24.1 Å². The van der Waals surface area contributed by atoms with E-state index in [2.05, 4.69) is 4.74 Å². The molecule has 0 aliphatic rings. The zero-order chi connectivity index (χ0) is 11.6. The zero-order valence-corrected chi connectivity index (χ0v) is 7.61. The van der Waals surface area contributed by atoms with Gasteiger partial charge < -0.3 is 4.74 Å². The summed E-state index contributed by atoms with van der Waals surface area (Å²) in [6, 6.07) is 3.11. The average molecular weight is 226 g/mol. The summed E-state index contributed by atoms with van der Waals surface area (Å²) >= 11 is 0. The molecule has 0 unspecified atom stereocenters. The summed E-state index contributed by atoms with van der Waals surface area (Å²) in [7, 11) is 0. The van der Waals surface area contributed by atoms with Crippen molar-refractivity contribution < 1.29 is 26.7 Å². The summed E-state index contributed by atoms with van der Waals surface area (Å²) in [4.78, 5) is 0. The molecule has 1 aromatic rings. The maximum Gasteiger partial charge on any atom is 0.461 e.